The third-order valence-corrected chi connectivity index (χ3v) is 4.87. The molecule has 0 radical (unpaired) electrons. The topological polar surface area (TPSA) is 63.2 Å². The lowest BCUT2D eigenvalue weighted by Gasteiger charge is -2.11. The van der Waals surface area contributed by atoms with Crippen molar-refractivity contribution in [1.82, 2.24) is 0 Å². The number of hydrogen-bond donors (Lipinski definition) is 1. The molecule has 0 bridgehead atoms. The number of nitrogens with one attached hydrogen (secondary N) is 1. The summed E-state index contributed by atoms with van der Waals surface area (Å²) in [4.78, 5) is 12.3. The van der Waals surface area contributed by atoms with Crippen molar-refractivity contribution in [2.75, 3.05) is 11.6 Å². The van der Waals surface area contributed by atoms with E-state index in [1.807, 2.05) is 6.92 Å². The Hall–Kier alpha value is -1.85. The van der Waals surface area contributed by atoms with Crippen LogP contribution in [0.5, 0.6) is 0 Å². The smallest absolute Gasteiger partial charge is 0.228 e. The number of carbonyl (C=O) groups is 1. The zero-order chi connectivity index (χ0) is 16.3. The molecule has 4 nitrogen and oxygen atoms in total. The molecule has 0 saturated carbocycles. The molecule has 1 N–H and O–H groups in total. The van der Waals surface area contributed by atoms with Crippen molar-refractivity contribution < 1.29 is 13.2 Å². The fourth-order valence-electron chi connectivity index (χ4n) is 2.12. The predicted molar refractivity (Wildman–Crippen MR) is 88.1 cm³/mol. The number of rotatable bonds is 4. The van der Waals surface area contributed by atoms with Gasteiger partial charge in [-0.3, -0.25) is 4.79 Å². The lowest BCUT2D eigenvalue weighted by atomic mass is 10.1. The third-order valence-electron chi connectivity index (χ3n) is 3.26. The van der Waals surface area contributed by atoms with Gasteiger partial charge in [0.2, 0.25) is 5.91 Å². The lowest BCUT2D eigenvalue weighted by Crippen LogP contribution is -2.17. The number of halogens is 1. The van der Waals surface area contributed by atoms with Gasteiger partial charge >= 0.3 is 0 Å². The first-order chi connectivity index (χ1) is 10.3. The number of anilines is 1. The van der Waals surface area contributed by atoms with Crippen LogP contribution in [-0.2, 0) is 21.1 Å². The van der Waals surface area contributed by atoms with Gasteiger partial charge in [0.15, 0.2) is 9.84 Å². The maximum absolute atomic E-state index is 12.2. The Kier molecular flexibility index (Phi) is 4.88. The number of amides is 1. The first kappa shape index (κ1) is 16.5. The minimum atomic E-state index is -3.37. The van der Waals surface area contributed by atoms with Crippen molar-refractivity contribution in [3.63, 3.8) is 0 Å². The molecule has 6 heteroatoms. The van der Waals surface area contributed by atoms with Gasteiger partial charge in [-0.1, -0.05) is 35.9 Å². The summed E-state index contributed by atoms with van der Waals surface area (Å²) < 4.78 is 23.5. The van der Waals surface area contributed by atoms with E-state index >= 15 is 0 Å². The van der Waals surface area contributed by atoms with Crippen LogP contribution in [0.15, 0.2) is 47.4 Å². The van der Waals surface area contributed by atoms with E-state index in [4.69, 9.17) is 11.6 Å². The van der Waals surface area contributed by atoms with E-state index in [1.54, 1.807) is 36.4 Å². The van der Waals surface area contributed by atoms with Gasteiger partial charge in [0.05, 0.1) is 11.3 Å². The molecule has 1 amide bonds. The quantitative estimate of drug-likeness (QED) is 0.931. The van der Waals surface area contributed by atoms with Gasteiger partial charge in [-0.15, -0.1) is 0 Å². The van der Waals surface area contributed by atoms with Gasteiger partial charge in [0.25, 0.3) is 0 Å². The van der Waals surface area contributed by atoms with E-state index in [2.05, 4.69) is 5.32 Å². The zero-order valence-corrected chi connectivity index (χ0v) is 13.8. The van der Waals surface area contributed by atoms with E-state index in [-0.39, 0.29) is 17.2 Å². The number of carbonyl (C=O) groups excluding carboxylic acids is 1. The second-order valence-corrected chi connectivity index (χ2v) is 7.41. The van der Waals surface area contributed by atoms with E-state index in [0.29, 0.717) is 16.3 Å². The van der Waals surface area contributed by atoms with Crippen LogP contribution >= 0.6 is 11.6 Å². The Bertz CT molecular complexity index is 816. The second-order valence-electron chi connectivity index (χ2n) is 5.02. The molecule has 0 atom stereocenters. The molecule has 0 aliphatic heterocycles. The molecule has 0 aromatic heterocycles. The molecule has 2 aromatic rings. The van der Waals surface area contributed by atoms with Crippen molar-refractivity contribution in [3.8, 4) is 0 Å². The molecule has 0 spiro atoms. The van der Waals surface area contributed by atoms with Crippen LogP contribution in [0.3, 0.4) is 0 Å². The maximum atomic E-state index is 12.2. The van der Waals surface area contributed by atoms with E-state index in [1.165, 1.54) is 6.07 Å². The average Bonchev–Trinajstić information content (AvgIpc) is 2.43. The van der Waals surface area contributed by atoms with Crippen LogP contribution in [0, 0.1) is 6.92 Å². The Balaban J connectivity index is 2.22. The average molecular weight is 338 g/mol. The summed E-state index contributed by atoms with van der Waals surface area (Å²) in [6, 6.07) is 11.7. The van der Waals surface area contributed by atoms with Crippen LogP contribution < -0.4 is 5.32 Å². The van der Waals surface area contributed by atoms with Crippen LogP contribution in [0.1, 0.15) is 11.1 Å². The van der Waals surface area contributed by atoms with Crippen molar-refractivity contribution in [2.45, 2.75) is 18.2 Å². The minimum absolute atomic E-state index is 0.0187. The van der Waals surface area contributed by atoms with Gasteiger partial charge in [0.1, 0.15) is 0 Å². The highest BCUT2D eigenvalue weighted by Gasteiger charge is 2.15. The Labute approximate surface area is 135 Å². The fourth-order valence-corrected chi connectivity index (χ4v) is 3.24. The summed E-state index contributed by atoms with van der Waals surface area (Å²) in [6.07, 6.45) is 1.11. The van der Waals surface area contributed by atoms with Crippen molar-refractivity contribution >= 4 is 33.0 Å². The molecule has 22 heavy (non-hydrogen) atoms. The highest BCUT2D eigenvalue weighted by atomic mass is 35.5. The summed E-state index contributed by atoms with van der Waals surface area (Å²) >= 11 is 6.01. The summed E-state index contributed by atoms with van der Waals surface area (Å²) in [5, 5.41) is 3.32. The van der Waals surface area contributed by atoms with Gasteiger partial charge in [-0.2, -0.15) is 0 Å². The van der Waals surface area contributed by atoms with Crippen LogP contribution in [0.4, 0.5) is 5.69 Å². The summed E-state index contributed by atoms with van der Waals surface area (Å²) in [6.45, 7) is 1.81. The number of sulfone groups is 1. The Morgan fingerprint density at radius 3 is 2.50 bits per heavy atom. The van der Waals surface area contributed by atoms with Crippen LogP contribution in [0.2, 0.25) is 5.02 Å². The van der Waals surface area contributed by atoms with Crippen molar-refractivity contribution in [2.24, 2.45) is 0 Å². The number of hydrogen-bond acceptors (Lipinski definition) is 3. The van der Waals surface area contributed by atoms with E-state index in [9.17, 15) is 13.2 Å². The van der Waals surface area contributed by atoms with Crippen LogP contribution in [-0.4, -0.2) is 20.6 Å². The van der Waals surface area contributed by atoms with E-state index in [0.717, 1.165) is 11.8 Å². The van der Waals surface area contributed by atoms with Crippen molar-refractivity contribution in [3.05, 3.63) is 58.6 Å². The van der Waals surface area contributed by atoms with Gasteiger partial charge < -0.3 is 5.32 Å². The molecule has 0 saturated heterocycles. The fraction of sp³-hybridized carbons (Fsp3) is 0.188. The monoisotopic (exact) mass is 337 g/mol. The zero-order valence-electron chi connectivity index (χ0n) is 12.3. The SMILES string of the molecule is Cc1c(Cl)cccc1NC(=O)Cc1ccccc1S(C)(=O)=O. The maximum Gasteiger partial charge on any atom is 0.228 e. The molecule has 0 unspecified atom stereocenters. The minimum Gasteiger partial charge on any atom is -0.326 e. The Morgan fingerprint density at radius 2 is 1.82 bits per heavy atom. The summed E-state index contributed by atoms with van der Waals surface area (Å²) in [5.41, 5.74) is 1.87. The second kappa shape index (κ2) is 6.50. The molecule has 0 heterocycles. The van der Waals surface area contributed by atoms with Crippen molar-refractivity contribution in [1.29, 1.82) is 0 Å². The molecule has 116 valence electrons. The van der Waals surface area contributed by atoms with Gasteiger partial charge in [0, 0.05) is 17.0 Å². The largest absolute Gasteiger partial charge is 0.326 e. The predicted octanol–water partition coefficient (Wildman–Crippen LogP) is 3.23. The molecule has 2 rings (SSSR count). The van der Waals surface area contributed by atoms with Gasteiger partial charge in [-0.05, 0) is 36.2 Å². The highest BCUT2D eigenvalue weighted by molar-refractivity contribution is 7.90. The number of benzene rings is 2. The standard InChI is InChI=1S/C16H16ClNO3S/c1-11-13(17)7-5-8-14(11)18-16(19)10-12-6-3-4-9-15(12)22(2,20)21/h3-9H,10H2,1-2H3,(H,18,19). The third kappa shape index (κ3) is 3.87. The molecule has 0 aliphatic rings. The molecule has 2 aromatic carbocycles. The van der Waals surface area contributed by atoms with Crippen LogP contribution in [0.25, 0.3) is 0 Å². The molecule has 0 fully saturated rings. The van der Waals surface area contributed by atoms with Gasteiger partial charge in [-0.25, -0.2) is 8.42 Å². The molecular weight excluding hydrogens is 322 g/mol. The Morgan fingerprint density at radius 1 is 1.14 bits per heavy atom. The summed E-state index contributed by atoms with van der Waals surface area (Å²) in [7, 11) is -3.37. The molecular formula is C16H16ClNO3S. The summed E-state index contributed by atoms with van der Waals surface area (Å²) in [5.74, 6) is -0.290. The highest BCUT2D eigenvalue weighted by Crippen LogP contribution is 2.23. The molecule has 0 aliphatic carbocycles. The lowest BCUT2D eigenvalue weighted by molar-refractivity contribution is -0.115. The normalized spacial score (nSPS) is 11.2. The van der Waals surface area contributed by atoms with E-state index < -0.39 is 9.84 Å². The first-order valence-electron chi connectivity index (χ1n) is 6.62. The first-order valence-corrected chi connectivity index (χ1v) is 8.89.